The molecule has 4 nitrogen and oxygen atoms in total. The molecule has 2 N–H and O–H groups in total. The van der Waals surface area contributed by atoms with E-state index in [1.165, 1.54) is 0 Å². The fraction of sp³-hybridized carbons (Fsp3) is 0.462. The summed E-state index contributed by atoms with van der Waals surface area (Å²) in [6.45, 7) is 3.82. The Labute approximate surface area is 112 Å². The van der Waals surface area contributed by atoms with Crippen molar-refractivity contribution >= 4 is 17.6 Å². The highest BCUT2D eigenvalue weighted by atomic mass is 35.5. The first-order valence-corrected chi connectivity index (χ1v) is 6.13. The van der Waals surface area contributed by atoms with E-state index in [1.54, 1.807) is 25.3 Å². The molecule has 0 spiro atoms. The lowest BCUT2D eigenvalue weighted by molar-refractivity contribution is -0.139. The number of hydrogen-bond acceptors (Lipinski definition) is 3. The normalized spacial score (nSPS) is 12.5. The molecule has 0 bridgehead atoms. The van der Waals surface area contributed by atoms with Gasteiger partial charge in [-0.15, -0.1) is 0 Å². The van der Waals surface area contributed by atoms with Gasteiger partial charge in [-0.1, -0.05) is 25.4 Å². The standard InChI is InChI=1S/C13H18ClNO3/c1-8(2)15-11(13(16)17)7-9-6-10(14)4-5-12(9)18-3/h4-6,8,11,15H,7H2,1-3H3,(H,16,17). The average Bonchev–Trinajstić information content (AvgIpc) is 2.27. The van der Waals surface area contributed by atoms with Crippen LogP contribution in [0.5, 0.6) is 5.75 Å². The second-order valence-corrected chi connectivity index (χ2v) is 4.81. The van der Waals surface area contributed by atoms with Gasteiger partial charge in [0.2, 0.25) is 0 Å². The smallest absolute Gasteiger partial charge is 0.321 e. The minimum Gasteiger partial charge on any atom is -0.496 e. The van der Waals surface area contributed by atoms with Crippen molar-refractivity contribution < 1.29 is 14.6 Å². The third-order valence-corrected chi connectivity index (χ3v) is 2.73. The van der Waals surface area contributed by atoms with Gasteiger partial charge in [0.15, 0.2) is 0 Å². The average molecular weight is 272 g/mol. The van der Waals surface area contributed by atoms with Gasteiger partial charge in [-0.05, 0) is 23.8 Å². The minimum atomic E-state index is -0.884. The predicted molar refractivity (Wildman–Crippen MR) is 71.4 cm³/mol. The van der Waals surface area contributed by atoms with E-state index in [1.807, 2.05) is 13.8 Å². The Kier molecular flexibility index (Phi) is 5.44. The quantitative estimate of drug-likeness (QED) is 0.834. The number of carboxylic acid groups (broad SMARTS) is 1. The summed E-state index contributed by atoms with van der Waals surface area (Å²) < 4.78 is 5.21. The van der Waals surface area contributed by atoms with E-state index in [-0.39, 0.29) is 6.04 Å². The monoisotopic (exact) mass is 271 g/mol. The van der Waals surface area contributed by atoms with Crippen LogP contribution in [0.3, 0.4) is 0 Å². The molecule has 1 atom stereocenters. The summed E-state index contributed by atoms with van der Waals surface area (Å²) >= 11 is 5.92. The van der Waals surface area contributed by atoms with Crippen LogP contribution in [0.15, 0.2) is 18.2 Å². The number of rotatable bonds is 6. The van der Waals surface area contributed by atoms with Crippen LogP contribution in [0.4, 0.5) is 0 Å². The van der Waals surface area contributed by atoms with Crippen LogP contribution in [-0.4, -0.2) is 30.3 Å². The van der Waals surface area contributed by atoms with Gasteiger partial charge in [0, 0.05) is 17.5 Å². The van der Waals surface area contributed by atoms with Crippen LogP contribution < -0.4 is 10.1 Å². The third kappa shape index (κ3) is 4.20. The topological polar surface area (TPSA) is 58.6 Å². The molecule has 100 valence electrons. The Morgan fingerprint density at radius 1 is 1.50 bits per heavy atom. The Bertz CT molecular complexity index is 421. The Hall–Kier alpha value is -1.26. The van der Waals surface area contributed by atoms with Gasteiger partial charge in [-0.2, -0.15) is 0 Å². The van der Waals surface area contributed by atoms with Crippen LogP contribution in [0.25, 0.3) is 0 Å². The Morgan fingerprint density at radius 3 is 2.67 bits per heavy atom. The largest absolute Gasteiger partial charge is 0.496 e. The highest BCUT2D eigenvalue weighted by molar-refractivity contribution is 6.30. The zero-order chi connectivity index (χ0) is 13.7. The maximum absolute atomic E-state index is 11.2. The van der Waals surface area contributed by atoms with Gasteiger partial charge in [0.25, 0.3) is 0 Å². The molecule has 0 radical (unpaired) electrons. The highest BCUT2D eigenvalue weighted by Gasteiger charge is 2.20. The van der Waals surface area contributed by atoms with E-state index in [2.05, 4.69) is 5.32 Å². The van der Waals surface area contributed by atoms with Crippen molar-refractivity contribution in [2.75, 3.05) is 7.11 Å². The van der Waals surface area contributed by atoms with Gasteiger partial charge >= 0.3 is 5.97 Å². The summed E-state index contributed by atoms with van der Waals surface area (Å²) in [7, 11) is 1.55. The zero-order valence-electron chi connectivity index (χ0n) is 10.7. The molecule has 0 heterocycles. The van der Waals surface area contributed by atoms with E-state index in [4.69, 9.17) is 16.3 Å². The van der Waals surface area contributed by atoms with Gasteiger partial charge < -0.3 is 15.2 Å². The fourth-order valence-corrected chi connectivity index (χ4v) is 1.94. The van der Waals surface area contributed by atoms with E-state index in [9.17, 15) is 9.90 Å². The number of carboxylic acids is 1. The van der Waals surface area contributed by atoms with E-state index in [0.29, 0.717) is 17.2 Å². The summed E-state index contributed by atoms with van der Waals surface area (Å²) in [5, 5.41) is 12.7. The third-order valence-electron chi connectivity index (χ3n) is 2.50. The second-order valence-electron chi connectivity index (χ2n) is 4.37. The maximum Gasteiger partial charge on any atom is 0.321 e. The Morgan fingerprint density at radius 2 is 2.17 bits per heavy atom. The molecule has 0 amide bonds. The number of benzene rings is 1. The summed E-state index contributed by atoms with van der Waals surface area (Å²) in [5.74, 6) is -0.234. The van der Waals surface area contributed by atoms with Crippen LogP contribution >= 0.6 is 11.6 Å². The summed E-state index contributed by atoms with van der Waals surface area (Å²) in [6.07, 6.45) is 0.331. The molecular formula is C13H18ClNO3. The number of halogens is 1. The molecule has 0 aliphatic heterocycles. The minimum absolute atomic E-state index is 0.0938. The van der Waals surface area contributed by atoms with Gasteiger partial charge in [0.05, 0.1) is 7.11 Å². The van der Waals surface area contributed by atoms with Crippen molar-refractivity contribution in [3.8, 4) is 5.75 Å². The molecule has 5 heteroatoms. The van der Waals surface area contributed by atoms with Crippen molar-refractivity contribution in [2.45, 2.75) is 32.4 Å². The van der Waals surface area contributed by atoms with Crippen LogP contribution in [0.1, 0.15) is 19.4 Å². The summed E-state index contributed by atoms with van der Waals surface area (Å²) in [5.41, 5.74) is 0.783. The molecule has 1 unspecified atom stereocenters. The molecule has 0 aromatic heterocycles. The van der Waals surface area contributed by atoms with Gasteiger partial charge in [0.1, 0.15) is 11.8 Å². The summed E-state index contributed by atoms with van der Waals surface area (Å²) in [4.78, 5) is 11.2. The number of carbonyl (C=O) groups is 1. The first-order valence-electron chi connectivity index (χ1n) is 5.75. The second kappa shape index (κ2) is 6.61. The number of methoxy groups -OCH3 is 1. The number of nitrogens with one attached hydrogen (secondary N) is 1. The van der Waals surface area contributed by atoms with Gasteiger partial charge in [-0.25, -0.2) is 0 Å². The lowest BCUT2D eigenvalue weighted by Crippen LogP contribution is -2.42. The fourth-order valence-electron chi connectivity index (χ4n) is 1.75. The molecular weight excluding hydrogens is 254 g/mol. The molecule has 18 heavy (non-hydrogen) atoms. The van der Waals surface area contributed by atoms with Crippen LogP contribution in [-0.2, 0) is 11.2 Å². The number of ether oxygens (including phenoxy) is 1. The lowest BCUT2D eigenvalue weighted by atomic mass is 10.0. The SMILES string of the molecule is COc1ccc(Cl)cc1CC(NC(C)C)C(=O)O. The van der Waals surface area contributed by atoms with Crippen molar-refractivity contribution in [1.82, 2.24) is 5.32 Å². The van der Waals surface area contributed by atoms with Gasteiger partial charge in [-0.3, -0.25) is 4.79 Å². The Balaban J connectivity index is 2.92. The highest BCUT2D eigenvalue weighted by Crippen LogP contribution is 2.24. The van der Waals surface area contributed by atoms with E-state index >= 15 is 0 Å². The van der Waals surface area contributed by atoms with Crippen molar-refractivity contribution in [2.24, 2.45) is 0 Å². The number of hydrogen-bond donors (Lipinski definition) is 2. The predicted octanol–water partition coefficient (Wildman–Crippen LogP) is 2.34. The first kappa shape index (κ1) is 14.8. The molecule has 1 aromatic carbocycles. The molecule has 0 aliphatic rings. The van der Waals surface area contributed by atoms with Crippen molar-refractivity contribution in [3.63, 3.8) is 0 Å². The maximum atomic E-state index is 11.2. The van der Waals surface area contributed by atoms with Crippen molar-refractivity contribution in [3.05, 3.63) is 28.8 Å². The molecule has 0 fully saturated rings. The molecule has 1 rings (SSSR count). The number of aliphatic carboxylic acids is 1. The van der Waals surface area contributed by atoms with E-state index in [0.717, 1.165) is 5.56 Å². The molecule has 1 aromatic rings. The molecule has 0 aliphatic carbocycles. The lowest BCUT2D eigenvalue weighted by Gasteiger charge is -2.18. The zero-order valence-corrected chi connectivity index (χ0v) is 11.5. The summed E-state index contributed by atoms with van der Waals surface area (Å²) in [6, 6.07) is 4.63. The first-order chi connectivity index (χ1) is 8.43. The molecule has 0 saturated carbocycles. The van der Waals surface area contributed by atoms with Crippen molar-refractivity contribution in [1.29, 1.82) is 0 Å². The van der Waals surface area contributed by atoms with E-state index < -0.39 is 12.0 Å². The van der Waals surface area contributed by atoms with Crippen LogP contribution in [0.2, 0.25) is 5.02 Å². The van der Waals surface area contributed by atoms with Crippen LogP contribution in [0, 0.1) is 0 Å². The molecule has 0 saturated heterocycles.